The molecule has 0 saturated heterocycles. The van der Waals surface area contributed by atoms with Crippen LogP contribution in [0.2, 0.25) is 0 Å². The molecule has 0 radical (unpaired) electrons. The van der Waals surface area contributed by atoms with Gasteiger partial charge in [0.05, 0.1) is 6.61 Å². The summed E-state index contributed by atoms with van der Waals surface area (Å²) in [5, 5.41) is 12.8. The molecule has 0 spiro atoms. The average molecular weight is 239 g/mol. The molecular formula is C11H11F2N3O. The highest BCUT2D eigenvalue weighted by molar-refractivity contribution is 5.38. The number of halogens is 2. The molecule has 1 aromatic carbocycles. The summed E-state index contributed by atoms with van der Waals surface area (Å²) >= 11 is 0. The van der Waals surface area contributed by atoms with Crippen molar-refractivity contribution in [3.05, 3.63) is 41.0 Å². The Morgan fingerprint density at radius 2 is 1.82 bits per heavy atom. The van der Waals surface area contributed by atoms with Crippen molar-refractivity contribution in [1.82, 2.24) is 14.8 Å². The van der Waals surface area contributed by atoms with Gasteiger partial charge in [0.2, 0.25) is 0 Å². The van der Waals surface area contributed by atoms with Gasteiger partial charge in [-0.2, -0.15) is 5.10 Å². The third kappa shape index (κ3) is 2.03. The molecule has 2 rings (SSSR count). The van der Waals surface area contributed by atoms with E-state index in [4.69, 9.17) is 5.11 Å². The van der Waals surface area contributed by atoms with E-state index >= 15 is 0 Å². The van der Waals surface area contributed by atoms with Gasteiger partial charge < -0.3 is 5.11 Å². The van der Waals surface area contributed by atoms with Gasteiger partial charge in [0.15, 0.2) is 11.6 Å². The molecule has 0 bridgehead atoms. The van der Waals surface area contributed by atoms with Crippen LogP contribution in [0.1, 0.15) is 17.2 Å². The molecule has 6 heteroatoms. The predicted molar refractivity (Wildman–Crippen MR) is 56.7 cm³/mol. The summed E-state index contributed by atoms with van der Waals surface area (Å²) in [6, 6.07) is 2.16. The Hall–Kier alpha value is -1.82. The number of benzene rings is 1. The molecule has 2 aromatic rings. The Morgan fingerprint density at radius 3 is 2.24 bits per heavy atom. The first kappa shape index (κ1) is 11.7. The van der Waals surface area contributed by atoms with Crippen LogP contribution in [0.15, 0.2) is 12.1 Å². The van der Waals surface area contributed by atoms with E-state index in [1.165, 1.54) is 0 Å². The van der Waals surface area contributed by atoms with E-state index in [9.17, 15) is 8.78 Å². The van der Waals surface area contributed by atoms with E-state index in [-0.39, 0.29) is 11.3 Å². The lowest BCUT2D eigenvalue weighted by molar-refractivity contribution is 0.280. The van der Waals surface area contributed by atoms with Crippen molar-refractivity contribution in [2.75, 3.05) is 0 Å². The molecular weight excluding hydrogens is 228 g/mol. The monoisotopic (exact) mass is 239 g/mol. The van der Waals surface area contributed by atoms with E-state index in [2.05, 4.69) is 10.1 Å². The van der Waals surface area contributed by atoms with E-state index in [0.29, 0.717) is 11.6 Å². The number of aliphatic hydroxyl groups is 1. The second kappa shape index (κ2) is 4.21. The van der Waals surface area contributed by atoms with Crippen LogP contribution in [0.3, 0.4) is 0 Å². The minimum Gasteiger partial charge on any atom is -0.392 e. The lowest BCUT2D eigenvalue weighted by Crippen LogP contribution is -2.06. The third-order valence-corrected chi connectivity index (χ3v) is 2.35. The van der Waals surface area contributed by atoms with Crippen LogP contribution in [0, 0.1) is 25.5 Å². The Bertz CT molecular complexity index is 543. The van der Waals surface area contributed by atoms with Gasteiger partial charge in [-0.25, -0.2) is 18.4 Å². The third-order valence-electron chi connectivity index (χ3n) is 2.35. The topological polar surface area (TPSA) is 50.9 Å². The van der Waals surface area contributed by atoms with Crippen LogP contribution in [0.5, 0.6) is 0 Å². The van der Waals surface area contributed by atoms with Gasteiger partial charge in [-0.1, -0.05) is 0 Å². The largest absolute Gasteiger partial charge is 0.392 e. The number of aliphatic hydroxyl groups excluding tert-OH is 1. The number of nitrogens with zero attached hydrogens (tertiary/aromatic N) is 3. The van der Waals surface area contributed by atoms with Gasteiger partial charge in [0.25, 0.3) is 0 Å². The van der Waals surface area contributed by atoms with Crippen LogP contribution in [-0.2, 0) is 6.61 Å². The van der Waals surface area contributed by atoms with Crippen molar-refractivity contribution < 1.29 is 13.9 Å². The van der Waals surface area contributed by atoms with Crippen molar-refractivity contribution in [2.45, 2.75) is 20.5 Å². The summed E-state index contributed by atoms with van der Waals surface area (Å²) in [5.41, 5.74) is -0.0986. The van der Waals surface area contributed by atoms with E-state index in [1.54, 1.807) is 13.8 Å². The summed E-state index contributed by atoms with van der Waals surface area (Å²) in [7, 11) is 0. The lowest BCUT2D eigenvalue weighted by Gasteiger charge is -2.07. The molecule has 0 aliphatic carbocycles. The molecule has 0 amide bonds. The molecule has 0 saturated carbocycles. The molecule has 17 heavy (non-hydrogen) atoms. The molecule has 90 valence electrons. The fraction of sp³-hybridized carbons (Fsp3) is 0.273. The highest BCUT2D eigenvalue weighted by atomic mass is 19.1. The zero-order valence-electron chi connectivity index (χ0n) is 9.41. The maximum atomic E-state index is 13.7. The highest BCUT2D eigenvalue weighted by Crippen LogP contribution is 2.20. The Labute approximate surface area is 96.5 Å². The maximum absolute atomic E-state index is 13.7. The summed E-state index contributed by atoms with van der Waals surface area (Å²) in [6.07, 6.45) is 0. The average Bonchev–Trinajstić information content (AvgIpc) is 2.57. The summed E-state index contributed by atoms with van der Waals surface area (Å²) in [4.78, 5) is 3.98. The molecule has 4 nitrogen and oxygen atoms in total. The second-order valence-corrected chi connectivity index (χ2v) is 3.68. The van der Waals surface area contributed by atoms with Gasteiger partial charge in [0.1, 0.15) is 17.3 Å². The summed E-state index contributed by atoms with van der Waals surface area (Å²) < 4.78 is 28.6. The number of rotatable bonds is 2. The fourth-order valence-electron chi connectivity index (χ4n) is 1.64. The normalized spacial score (nSPS) is 10.9. The van der Waals surface area contributed by atoms with Crippen molar-refractivity contribution in [3.63, 3.8) is 0 Å². The van der Waals surface area contributed by atoms with Gasteiger partial charge in [0, 0.05) is 0 Å². The predicted octanol–water partition coefficient (Wildman–Crippen LogP) is 1.65. The van der Waals surface area contributed by atoms with Crippen molar-refractivity contribution >= 4 is 0 Å². The fourth-order valence-corrected chi connectivity index (χ4v) is 1.64. The number of aryl methyl sites for hydroxylation is 2. The first-order chi connectivity index (χ1) is 8.02. The van der Waals surface area contributed by atoms with Crippen molar-refractivity contribution in [3.8, 4) is 5.69 Å². The quantitative estimate of drug-likeness (QED) is 0.867. The van der Waals surface area contributed by atoms with Gasteiger partial charge in [-0.15, -0.1) is 0 Å². The molecule has 0 atom stereocenters. The lowest BCUT2D eigenvalue weighted by atomic mass is 10.2. The Morgan fingerprint density at radius 1 is 1.24 bits per heavy atom. The molecule has 1 aromatic heterocycles. The van der Waals surface area contributed by atoms with E-state index < -0.39 is 18.2 Å². The first-order valence-electron chi connectivity index (χ1n) is 5.02. The second-order valence-electron chi connectivity index (χ2n) is 3.68. The minimum absolute atomic E-state index is 0.179. The molecule has 0 aliphatic rings. The van der Waals surface area contributed by atoms with Crippen molar-refractivity contribution in [2.24, 2.45) is 0 Å². The molecule has 0 unspecified atom stereocenters. The van der Waals surface area contributed by atoms with E-state index in [0.717, 1.165) is 16.8 Å². The highest BCUT2D eigenvalue weighted by Gasteiger charge is 2.16. The molecule has 0 fully saturated rings. The first-order valence-corrected chi connectivity index (χ1v) is 5.02. The summed E-state index contributed by atoms with van der Waals surface area (Å²) in [6.45, 7) is 2.84. The smallest absolute Gasteiger partial charge is 0.152 e. The maximum Gasteiger partial charge on any atom is 0.152 e. The van der Waals surface area contributed by atoms with Crippen LogP contribution in [0.4, 0.5) is 8.78 Å². The SMILES string of the molecule is Cc1nc(C)n(-c2c(F)cc(CO)cc2F)n1. The zero-order chi connectivity index (χ0) is 12.6. The Kier molecular flexibility index (Phi) is 2.89. The van der Waals surface area contributed by atoms with Crippen LogP contribution < -0.4 is 0 Å². The number of aromatic nitrogens is 3. The number of hydrogen-bond donors (Lipinski definition) is 1. The minimum atomic E-state index is -0.776. The van der Waals surface area contributed by atoms with Gasteiger partial charge in [-0.05, 0) is 31.5 Å². The van der Waals surface area contributed by atoms with Gasteiger partial charge in [-0.3, -0.25) is 0 Å². The molecule has 1 N–H and O–H groups in total. The summed E-state index contributed by atoms with van der Waals surface area (Å²) in [5.74, 6) is -0.714. The van der Waals surface area contributed by atoms with Crippen LogP contribution in [-0.4, -0.2) is 19.9 Å². The van der Waals surface area contributed by atoms with E-state index in [1.807, 2.05) is 0 Å². The van der Waals surface area contributed by atoms with Crippen LogP contribution >= 0.6 is 0 Å². The van der Waals surface area contributed by atoms with Crippen LogP contribution in [0.25, 0.3) is 5.69 Å². The van der Waals surface area contributed by atoms with Crippen molar-refractivity contribution in [1.29, 1.82) is 0 Å². The molecule has 1 heterocycles. The number of hydrogen-bond acceptors (Lipinski definition) is 3. The van der Waals surface area contributed by atoms with Gasteiger partial charge >= 0.3 is 0 Å². The Balaban J connectivity index is 2.63. The standard InChI is InChI=1S/C11H11F2N3O/c1-6-14-7(2)16(15-6)11-9(12)3-8(5-17)4-10(11)13/h3-4,17H,5H2,1-2H3. The zero-order valence-corrected chi connectivity index (χ0v) is 9.41. The molecule has 0 aliphatic heterocycles.